The van der Waals surface area contributed by atoms with Crippen LogP contribution in [0.3, 0.4) is 0 Å². The van der Waals surface area contributed by atoms with E-state index >= 15 is 0 Å². The van der Waals surface area contributed by atoms with Gasteiger partial charge < -0.3 is 9.47 Å². The maximum absolute atomic E-state index is 5.83. The lowest BCUT2D eigenvalue weighted by Gasteiger charge is -2.44. The maximum atomic E-state index is 5.83. The molecule has 1 rings (SSSR count). The highest BCUT2D eigenvalue weighted by atomic mass is 16.5. The highest BCUT2D eigenvalue weighted by Gasteiger charge is 2.42. The second-order valence-corrected chi connectivity index (χ2v) is 5.59. The zero-order valence-electron chi connectivity index (χ0n) is 11.7. The van der Waals surface area contributed by atoms with Crippen molar-refractivity contribution in [3.63, 3.8) is 0 Å². The number of hydrogen-bond donors (Lipinski definition) is 0. The van der Waals surface area contributed by atoms with Crippen molar-refractivity contribution in [3.05, 3.63) is 0 Å². The monoisotopic (exact) mass is 248 g/mol. The van der Waals surface area contributed by atoms with E-state index in [0.717, 1.165) is 19.3 Å². The predicted octanol–water partition coefficient (Wildman–Crippen LogP) is 2.87. The van der Waals surface area contributed by atoms with Crippen molar-refractivity contribution in [1.29, 1.82) is 0 Å². The van der Waals surface area contributed by atoms with Gasteiger partial charge in [0.15, 0.2) is 0 Å². The second kappa shape index (κ2) is 6.83. The van der Waals surface area contributed by atoms with E-state index in [1.54, 1.807) is 0 Å². The molecule has 1 fully saturated rings. The van der Waals surface area contributed by atoms with Gasteiger partial charge in [-0.2, -0.15) is 0 Å². The summed E-state index contributed by atoms with van der Waals surface area (Å²) in [6, 6.07) is 0. The van der Waals surface area contributed by atoms with E-state index in [1.165, 1.54) is 0 Å². The minimum absolute atomic E-state index is 0.0445. The van der Waals surface area contributed by atoms with Crippen molar-refractivity contribution in [2.75, 3.05) is 13.2 Å². The molecular weight excluding hydrogens is 224 g/mol. The first kappa shape index (κ1) is 15.1. The summed E-state index contributed by atoms with van der Waals surface area (Å²) in [5, 5.41) is 0. The van der Waals surface area contributed by atoms with Crippen molar-refractivity contribution < 1.29 is 9.47 Å². The van der Waals surface area contributed by atoms with Crippen molar-refractivity contribution in [3.8, 4) is 24.7 Å². The number of rotatable bonds is 5. The molecule has 0 spiro atoms. The largest absolute Gasteiger partial charge is 0.363 e. The molecule has 0 radical (unpaired) electrons. The summed E-state index contributed by atoms with van der Waals surface area (Å²) < 4.78 is 11.6. The Morgan fingerprint density at radius 2 is 1.94 bits per heavy atom. The summed E-state index contributed by atoms with van der Waals surface area (Å²) in [6.45, 7) is 7.27. The number of terminal acetylenes is 2. The highest BCUT2D eigenvalue weighted by molar-refractivity contribution is 4.96. The molecule has 0 heterocycles. The van der Waals surface area contributed by atoms with Gasteiger partial charge in [0.1, 0.15) is 13.2 Å². The molecule has 0 amide bonds. The molecule has 0 aromatic heterocycles. The van der Waals surface area contributed by atoms with Crippen LogP contribution in [0, 0.1) is 36.5 Å². The fourth-order valence-electron chi connectivity index (χ4n) is 2.65. The van der Waals surface area contributed by atoms with Gasteiger partial charge in [0.25, 0.3) is 0 Å². The van der Waals surface area contributed by atoms with E-state index in [-0.39, 0.29) is 11.7 Å². The fourth-order valence-corrected chi connectivity index (χ4v) is 2.65. The molecule has 18 heavy (non-hydrogen) atoms. The van der Waals surface area contributed by atoms with E-state index < -0.39 is 0 Å². The van der Waals surface area contributed by atoms with Crippen LogP contribution in [0.4, 0.5) is 0 Å². The fraction of sp³-hybridized carbons (Fsp3) is 0.750. The highest BCUT2D eigenvalue weighted by Crippen LogP contribution is 2.39. The molecule has 2 nitrogen and oxygen atoms in total. The van der Waals surface area contributed by atoms with Gasteiger partial charge in [-0.1, -0.05) is 25.7 Å². The second-order valence-electron chi connectivity index (χ2n) is 5.59. The Kier molecular flexibility index (Phi) is 5.73. The van der Waals surface area contributed by atoms with Gasteiger partial charge in [0, 0.05) is 0 Å². The molecule has 0 aromatic carbocycles. The third-order valence-electron chi connectivity index (χ3n) is 4.01. The van der Waals surface area contributed by atoms with E-state index in [1.807, 2.05) is 0 Å². The summed E-state index contributed by atoms with van der Waals surface area (Å²) in [7, 11) is 0. The van der Waals surface area contributed by atoms with Gasteiger partial charge in [0.05, 0.1) is 11.7 Å². The molecule has 1 aliphatic rings. The van der Waals surface area contributed by atoms with Crippen LogP contribution in [-0.2, 0) is 9.47 Å². The van der Waals surface area contributed by atoms with Crippen LogP contribution in [0.1, 0.15) is 40.0 Å². The Morgan fingerprint density at radius 1 is 1.28 bits per heavy atom. The molecule has 0 bridgehead atoms. The van der Waals surface area contributed by atoms with Crippen LogP contribution >= 0.6 is 0 Å². The smallest absolute Gasteiger partial charge is 0.108 e. The molecule has 0 N–H and O–H groups in total. The average Bonchev–Trinajstić information content (AvgIpc) is 2.35. The minimum atomic E-state index is -0.297. The van der Waals surface area contributed by atoms with E-state index in [0.29, 0.717) is 25.0 Å². The SMILES string of the molecule is C#CCO[C@H]1CC(C(C)C)CC[C@]1(C)OCC#C. The molecule has 0 saturated heterocycles. The third kappa shape index (κ3) is 3.77. The lowest BCUT2D eigenvalue weighted by atomic mass is 9.73. The van der Waals surface area contributed by atoms with Crippen LogP contribution in [-0.4, -0.2) is 24.9 Å². The van der Waals surface area contributed by atoms with Crippen molar-refractivity contribution in [1.82, 2.24) is 0 Å². The maximum Gasteiger partial charge on any atom is 0.108 e. The first-order chi connectivity index (χ1) is 8.53. The van der Waals surface area contributed by atoms with Crippen molar-refractivity contribution in [2.24, 2.45) is 11.8 Å². The van der Waals surface area contributed by atoms with E-state index in [4.69, 9.17) is 22.3 Å². The Bertz CT molecular complexity index is 334. The van der Waals surface area contributed by atoms with Crippen LogP contribution < -0.4 is 0 Å². The van der Waals surface area contributed by atoms with Crippen LogP contribution in [0.2, 0.25) is 0 Å². The number of hydrogen-bond acceptors (Lipinski definition) is 2. The van der Waals surface area contributed by atoms with Crippen LogP contribution in [0.25, 0.3) is 0 Å². The zero-order valence-corrected chi connectivity index (χ0v) is 11.7. The Labute approximate surface area is 111 Å². The summed E-state index contributed by atoms with van der Waals surface area (Å²) in [4.78, 5) is 0. The minimum Gasteiger partial charge on any atom is -0.363 e. The van der Waals surface area contributed by atoms with Crippen molar-refractivity contribution in [2.45, 2.75) is 51.7 Å². The predicted molar refractivity (Wildman–Crippen MR) is 73.9 cm³/mol. The van der Waals surface area contributed by atoms with Gasteiger partial charge in [-0.15, -0.1) is 12.8 Å². The quantitative estimate of drug-likeness (QED) is 0.697. The molecule has 100 valence electrons. The van der Waals surface area contributed by atoms with Crippen LogP contribution in [0.15, 0.2) is 0 Å². The Hall–Kier alpha value is -0.960. The zero-order chi connectivity index (χ0) is 13.6. The van der Waals surface area contributed by atoms with E-state index in [2.05, 4.69) is 32.6 Å². The lowest BCUT2D eigenvalue weighted by Crippen LogP contribution is -2.49. The first-order valence-electron chi connectivity index (χ1n) is 6.66. The molecule has 1 unspecified atom stereocenters. The number of ether oxygens (including phenoxy) is 2. The molecule has 0 aliphatic heterocycles. The van der Waals surface area contributed by atoms with Gasteiger partial charge in [0.2, 0.25) is 0 Å². The molecule has 2 heteroatoms. The van der Waals surface area contributed by atoms with Crippen LogP contribution in [0.5, 0.6) is 0 Å². The molecule has 3 atom stereocenters. The molecule has 0 aromatic rings. The summed E-state index contributed by atoms with van der Waals surface area (Å²) in [5.74, 6) is 6.41. The molecule has 1 saturated carbocycles. The van der Waals surface area contributed by atoms with Gasteiger partial charge in [-0.05, 0) is 38.0 Å². The Balaban J connectivity index is 2.71. The average molecular weight is 248 g/mol. The molecule has 1 aliphatic carbocycles. The summed E-state index contributed by atoms with van der Waals surface area (Å²) >= 11 is 0. The summed E-state index contributed by atoms with van der Waals surface area (Å²) in [6.07, 6.45) is 13.7. The van der Waals surface area contributed by atoms with Gasteiger partial charge in [-0.3, -0.25) is 0 Å². The van der Waals surface area contributed by atoms with Crippen molar-refractivity contribution >= 4 is 0 Å². The standard InChI is InChI=1S/C16H24O2/c1-6-10-17-15-12-14(13(3)4)8-9-16(15,5)18-11-7-2/h1-2,13-15H,8-12H2,3-5H3/t14?,15-,16-/m0/s1. The normalized spacial score (nSPS) is 31.9. The Morgan fingerprint density at radius 3 is 2.50 bits per heavy atom. The third-order valence-corrected chi connectivity index (χ3v) is 4.01. The molecular formula is C16H24O2. The van der Waals surface area contributed by atoms with Gasteiger partial charge in [-0.25, -0.2) is 0 Å². The van der Waals surface area contributed by atoms with Gasteiger partial charge >= 0.3 is 0 Å². The topological polar surface area (TPSA) is 18.5 Å². The van der Waals surface area contributed by atoms with E-state index in [9.17, 15) is 0 Å². The lowest BCUT2D eigenvalue weighted by molar-refractivity contribution is -0.154. The first-order valence-corrected chi connectivity index (χ1v) is 6.66. The summed E-state index contributed by atoms with van der Waals surface area (Å²) in [5.41, 5.74) is -0.297.